The molecule has 7 rings (SSSR count). The number of carbonyl (C=O) groups excluding carboxylic acids is 1. The van der Waals surface area contributed by atoms with Gasteiger partial charge in [-0.25, -0.2) is 0 Å². The third kappa shape index (κ3) is 3.21. The van der Waals surface area contributed by atoms with Crippen molar-refractivity contribution in [2.45, 2.75) is 24.6 Å². The van der Waals surface area contributed by atoms with E-state index < -0.39 is 11.7 Å². The number of aryl methyl sites for hydroxylation is 1. The molecule has 2 aromatic heterocycles. The first-order valence-electron chi connectivity index (χ1n) is 10.8. The first kappa shape index (κ1) is 20.3. The lowest BCUT2D eigenvalue weighted by atomic mass is 9.74. The Bertz CT molecular complexity index is 1390. The summed E-state index contributed by atoms with van der Waals surface area (Å²) in [4.78, 5) is 12.9. The number of fused-ring (bicyclic) bond motifs is 4. The Hall–Kier alpha value is -3.33. The van der Waals surface area contributed by atoms with Gasteiger partial charge in [0.2, 0.25) is 0 Å². The number of nitrogens with zero attached hydrogens (tertiary/aromatic N) is 3. The van der Waals surface area contributed by atoms with Crippen molar-refractivity contribution in [3.63, 3.8) is 0 Å². The quantitative estimate of drug-likeness (QED) is 0.496. The number of nitrogens with one attached hydrogen (secondary N) is 1. The molecule has 3 aliphatic rings. The van der Waals surface area contributed by atoms with E-state index in [1.807, 2.05) is 22.9 Å². The lowest BCUT2D eigenvalue weighted by Gasteiger charge is -2.35. The number of halogens is 3. The summed E-state index contributed by atoms with van der Waals surface area (Å²) in [5.41, 5.74) is 1.56. The topological polar surface area (TPSA) is 61.1 Å². The minimum Gasteiger partial charge on any atom is -0.373 e. The van der Waals surface area contributed by atoms with Gasteiger partial charge in [-0.15, -0.1) is 0 Å². The minimum atomic E-state index is -4.40. The molecule has 9 heteroatoms. The normalized spacial score (nSPS) is 22.1. The van der Waals surface area contributed by atoms with Gasteiger partial charge in [0.15, 0.2) is 5.65 Å². The molecule has 3 fully saturated rings. The standard InChI is InChI=1S/C24H21F3N4O2/c1-30-11-19-18-8-15(22(32)28-13-23-9-14(10-23)12-33-23)2-7-20(18)31(21(19)29-30)17-5-3-16(4-6-17)24(25,26)27/h2-8,11,14H,9-10,12-13H2,1H3,(H,28,32). The number of hydrogen-bond donors (Lipinski definition) is 1. The summed E-state index contributed by atoms with van der Waals surface area (Å²) >= 11 is 0. The maximum atomic E-state index is 13.0. The van der Waals surface area contributed by atoms with Crippen LogP contribution in [-0.4, -0.2) is 39.0 Å². The summed E-state index contributed by atoms with van der Waals surface area (Å²) in [6.07, 6.45) is -0.555. The first-order valence-corrected chi connectivity index (χ1v) is 10.8. The Kier molecular flexibility index (Phi) is 4.20. The highest BCUT2D eigenvalue weighted by atomic mass is 19.4. The van der Waals surface area contributed by atoms with Gasteiger partial charge in [-0.2, -0.15) is 18.3 Å². The lowest BCUT2D eigenvalue weighted by Crippen LogP contribution is -2.47. The molecule has 170 valence electrons. The van der Waals surface area contributed by atoms with Gasteiger partial charge in [-0.3, -0.25) is 14.0 Å². The molecule has 0 spiro atoms. The number of ether oxygens (including phenoxy) is 1. The van der Waals surface area contributed by atoms with E-state index in [1.165, 1.54) is 12.1 Å². The molecule has 4 aromatic rings. The Morgan fingerprint density at radius 1 is 1.18 bits per heavy atom. The molecule has 2 bridgehead atoms. The van der Waals surface area contributed by atoms with Crippen molar-refractivity contribution in [3.8, 4) is 5.69 Å². The average molecular weight is 454 g/mol. The molecule has 0 unspecified atom stereocenters. The van der Waals surface area contributed by atoms with Gasteiger partial charge in [-0.05, 0) is 61.2 Å². The second-order valence-corrected chi connectivity index (χ2v) is 9.10. The average Bonchev–Trinajstić information content (AvgIpc) is 3.50. The van der Waals surface area contributed by atoms with Crippen LogP contribution in [0, 0.1) is 5.92 Å². The van der Waals surface area contributed by atoms with Crippen LogP contribution in [0.1, 0.15) is 28.8 Å². The van der Waals surface area contributed by atoms with Crippen molar-refractivity contribution >= 4 is 27.8 Å². The monoisotopic (exact) mass is 454 g/mol. The zero-order chi connectivity index (χ0) is 23.0. The Balaban J connectivity index is 1.37. The van der Waals surface area contributed by atoms with E-state index in [0.717, 1.165) is 47.9 Å². The van der Waals surface area contributed by atoms with Crippen LogP contribution in [0.5, 0.6) is 0 Å². The SMILES string of the molecule is Cn1cc2c3cc(C(=O)NCC45CC(CO4)C5)ccc3n(-c3ccc(C(F)(F)F)cc3)c2n1. The fourth-order valence-corrected chi connectivity index (χ4v) is 5.16. The van der Waals surface area contributed by atoms with Crippen LogP contribution in [0.15, 0.2) is 48.7 Å². The van der Waals surface area contributed by atoms with Crippen LogP contribution in [0.4, 0.5) is 13.2 Å². The Morgan fingerprint density at radius 2 is 1.94 bits per heavy atom. The summed E-state index contributed by atoms with van der Waals surface area (Å²) in [6.45, 7) is 1.27. The van der Waals surface area contributed by atoms with Crippen LogP contribution < -0.4 is 5.32 Å². The highest BCUT2D eigenvalue weighted by Crippen LogP contribution is 2.47. The number of alkyl halides is 3. The van der Waals surface area contributed by atoms with Crippen LogP contribution in [-0.2, 0) is 18.0 Å². The molecule has 2 saturated heterocycles. The van der Waals surface area contributed by atoms with Crippen LogP contribution in [0.25, 0.3) is 27.6 Å². The first-order chi connectivity index (χ1) is 15.7. The van der Waals surface area contributed by atoms with Crippen LogP contribution in [0.2, 0.25) is 0 Å². The fourth-order valence-electron chi connectivity index (χ4n) is 5.16. The molecule has 0 radical (unpaired) electrons. The molecule has 1 amide bonds. The number of benzene rings is 2. The van der Waals surface area contributed by atoms with Gasteiger partial charge in [-0.1, -0.05) is 0 Å². The number of aromatic nitrogens is 3. The predicted octanol–water partition coefficient (Wildman–Crippen LogP) is 4.44. The predicted molar refractivity (Wildman–Crippen MR) is 116 cm³/mol. The third-order valence-electron chi connectivity index (χ3n) is 6.78. The largest absolute Gasteiger partial charge is 0.416 e. The van der Waals surface area contributed by atoms with Crippen molar-refractivity contribution in [1.29, 1.82) is 0 Å². The molecule has 6 nitrogen and oxygen atoms in total. The molecular weight excluding hydrogens is 433 g/mol. The van der Waals surface area contributed by atoms with E-state index >= 15 is 0 Å². The molecule has 2 aromatic carbocycles. The van der Waals surface area contributed by atoms with Gasteiger partial charge in [0.1, 0.15) is 0 Å². The molecule has 33 heavy (non-hydrogen) atoms. The lowest BCUT2D eigenvalue weighted by molar-refractivity contribution is -0.137. The van der Waals surface area contributed by atoms with E-state index in [-0.39, 0.29) is 11.5 Å². The Labute approximate surface area is 186 Å². The maximum Gasteiger partial charge on any atom is 0.416 e. The molecular formula is C24H21F3N4O2. The number of amides is 1. The Morgan fingerprint density at radius 3 is 2.61 bits per heavy atom. The summed E-state index contributed by atoms with van der Waals surface area (Å²) < 4.78 is 48.3. The maximum absolute atomic E-state index is 13.0. The van der Waals surface area contributed by atoms with Gasteiger partial charge < -0.3 is 10.1 Å². The highest BCUT2D eigenvalue weighted by molar-refractivity contribution is 6.10. The fraction of sp³-hybridized carbons (Fsp3) is 0.333. The van der Waals surface area contributed by atoms with Crippen LogP contribution >= 0.6 is 0 Å². The van der Waals surface area contributed by atoms with E-state index in [4.69, 9.17) is 4.74 Å². The van der Waals surface area contributed by atoms with Gasteiger partial charge in [0, 0.05) is 41.8 Å². The third-order valence-corrected chi connectivity index (χ3v) is 6.78. The zero-order valence-electron chi connectivity index (χ0n) is 17.8. The molecule has 1 saturated carbocycles. The molecule has 1 N–H and O–H groups in total. The molecule has 2 aliphatic heterocycles. The van der Waals surface area contributed by atoms with Crippen molar-refractivity contribution in [3.05, 3.63) is 59.8 Å². The van der Waals surface area contributed by atoms with Gasteiger partial charge in [0.05, 0.1) is 23.3 Å². The molecule has 4 heterocycles. The van der Waals surface area contributed by atoms with Gasteiger partial charge in [0.25, 0.3) is 5.91 Å². The number of rotatable bonds is 4. The van der Waals surface area contributed by atoms with E-state index in [1.54, 1.807) is 17.8 Å². The van der Waals surface area contributed by atoms with Gasteiger partial charge >= 0.3 is 6.18 Å². The van der Waals surface area contributed by atoms with E-state index in [2.05, 4.69) is 10.4 Å². The van der Waals surface area contributed by atoms with E-state index in [9.17, 15) is 18.0 Å². The summed E-state index contributed by atoms with van der Waals surface area (Å²) in [7, 11) is 1.78. The number of carbonyl (C=O) groups is 1. The summed E-state index contributed by atoms with van der Waals surface area (Å²) in [5.74, 6) is 0.451. The zero-order valence-corrected chi connectivity index (χ0v) is 17.8. The second-order valence-electron chi connectivity index (χ2n) is 9.10. The van der Waals surface area contributed by atoms with Crippen molar-refractivity contribution in [1.82, 2.24) is 19.7 Å². The van der Waals surface area contributed by atoms with E-state index in [0.29, 0.717) is 29.4 Å². The smallest absolute Gasteiger partial charge is 0.373 e. The summed E-state index contributed by atoms with van der Waals surface area (Å²) in [6, 6.07) is 10.3. The van der Waals surface area contributed by atoms with Crippen molar-refractivity contribution in [2.75, 3.05) is 13.2 Å². The second kappa shape index (κ2) is 6.84. The molecule has 0 atom stereocenters. The molecule has 1 aliphatic carbocycles. The summed E-state index contributed by atoms with van der Waals surface area (Å²) in [5, 5.41) is 9.14. The van der Waals surface area contributed by atoms with Crippen molar-refractivity contribution < 1.29 is 22.7 Å². The van der Waals surface area contributed by atoms with Crippen molar-refractivity contribution in [2.24, 2.45) is 13.0 Å². The minimum absolute atomic E-state index is 0.176. The highest BCUT2D eigenvalue weighted by Gasteiger charge is 2.51. The number of hydrogen-bond acceptors (Lipinski definition) is 3. The van der Waals surface area contributed by atoms with Crippen LogP contribution in [0.3, 0.4) is 0 Å².